The lowest BCUT2D eigenvalue weighted by Gasteiger charge is -2.38. The van der Waals surface area contributed by atoms with Gasteiger partial charge in [0.05, 0.1) is 24.4 Å². The fraction of sp³-hybridized carbons (Fsp3) is 0.667. The number of phenolic OH excluding ortho intramolecular Hbond substituents is 1. The zero-order valence-corrected chi connectivity index (χ0v) is 21.6. The number of cyclic esters (lactones) is 1. The van der Waals surface area contributed by atoms with Crippen LogP contribution in [0.5, 0.6) is 5.75 Å². The van der Waals surface area contributed by atoms with Crippen LogP contribution < -0.4 is 0 Å². The summed E-state index contributed by atoms with van der Waals surface area (Å²) in [6.45, 7) is 13.1. The first-order valence-electron chi connectivity index (χ1n) is 12.1. The molecule has 190 valence electrons. The smallest absolute Gasteiger partial charge is 0.312 e. The monoisotopic (exact) mass is 476 g/mol. The number of rotatable bonds is 9. The van der Waals surface area contributed by atoms with E-state index in [0.29, 0.717) is 25.7 Å². The number of phenols is 1. The fourth-order valence-electron chi connectivity index (χ4n) is 4.18. The summed E-state index contributed by atoms with van der Waals surface area (Å²) in [6, 6.07) is 6.86. The molecule has 0 spiro atoms. The molecule has 1 saturated heterocycles. The average Bonchev–Trinajstić information content (AvgIpc) is 2.71. The lowest BCUT2D eigenvalue weighted by atomic mass is 9.74. The first kappa shape index (κ1) is 27.7. The summed E-state index contributed by atoms with van der Waals surface area (Å²) < 4.78 is 16.5. The Bertz CT molecular complexity index is 870. The number of hydrogen-bond acceptors (Lipinski definition) is 7. The maximum atomic E-state index is 13.4. The standard InChI is InChI=1S/C27H40O7/c1-8-26(6,24(31)34-27(7)13-14-32-22(29)17-27)16-20(19-9-11-21(28)12-10-19)15-18(2)23(30)33-25(3,4)5/h9-12,18,20,28H,8,13-17H2,1-7H3. The first-order valence-corrected chi connectivity index (χ1v) is 12.1. The highest BCUT2D eigenvalue weighted by atomic mass is 16.6. The van der Waals surface area contributed by atoms with Gasteiger partial charge >= 0.3 is 17.9 Å². The minimum absolute atomic E-state index is 0.0373. The van der Waals surface area contributed by atoms with Gasteiger partial charge in [-0.15, -0.1) is 0 Å². The quantitative estimate of drug-likeness (QED) is 0.382. The van der Waals surface area contributed by atoms with E-state index in [1.807, 2.05) is 53.7 Å². The van der Waals surface area contributed by atoms with Crippen molar-refractivity contribution >= 4 is 17.9 Å². The third-order valence-electron chi connectivity index (χ3n) is 6.53. The van der Waals surface area contributed by atoms with Gasteiger partial charge in [0.25, 0.3) is 0 Å². The molecule has 1 heterocycles. The number of aromatic hydroxyl groups is 1. The fourth-order valence-corrected chi connectivity index (χ4v) is 4.18. The van der Waals surface area contributed by atoms with Gasteiger partial charge in [-0.05, 0) is 77.5 Å². The highest BCUT2D eigenvalue weighted by Crippen LogP contribution is 2.41. The Morgan fingerprint density at radius 2 is 1.79 bits per heavy atom. The van der Waals surface area contributed by atoms with Crippen molar-refractivity contribution < 1.29 is 33.7 Å². The van der Waals surface area contributed by atoms with Crippen molar-refractivity contribution in [3.05, 3.63) is 29.8 Å². The van der Waals surface area contributed by atoms with Crippen molar-refractivity contribution in [2.75, 3.05) is 6.61 Å². The van der Waals surface area contributed by atoms with Crippen LogP contribution in [0, 0.1) is 11.3 Å². The summed E-state index contributed by atoms with van der Waals surface area (Å²) in [6.07, 6.45) is 1.95. The second kappa shape index (κ2) is 10.8. The molecule has 2 rings (SSSR count). The zero-order chi connectivity index (χ0) is 25.7. The molecule has 0 aromatic heterocycles. The molecule has 1 aromatic carbocycles. The van der Waals surface area contributed by atoms with Crippen LogP contribution in [-0.4, -0.2) is 40.8 Å². The van der Waals surface area contributed by atoms with Crippen LogP contribution in [-0.2, 0) is 28.6 Å². The van der Waals surface area contributed by atoms with Gasteiger partial charge < -0.3 is 19.3 Å². The molecule has 1 aliphatic heterocycles. The molecule has 0 saturated carbocycles. The van der Waals surface area contributed by atoms with Crippen molar-refractivity contribution in [1.82, 2.24) is 0 Å². The topological polar surface area (TPSA) is 99.1 Å². The lowest BCUT2D eigenvalue weighted by Crippen LogP contribution is -2.44. The molecule has 1 aliphatic rings. The molecule has 0 amide bonds. The van der Waals surface area contributed by atoms with Crippen LogP contribution in [0.25, 0.3) is 0 Å². The molecule has 7 nitrogen and oxygen atoms in total. The van der Waals surface area contributed by atoms with E-state index in [0.717, 1.165) is 5.56 Å². The van der Waals surface area contributed by atoms with Crippen LogP contribution in [0.1, 0.15) is 92.1 Å². The van der Waals surface area contributed by atoms with Gasteiger partial charge in [-0.1, -0.05) is 26.0 Å². The van der Waals surface area contributed by atoms with Crippen molar-refractivity contribution in [3.8, 4) is 5.75 Å². The largest absolute Gasteiger partial charge is 0.508 e. The zero-order valence-electron chi connectivity index (χ0n) is 21.6. The SMILES string of the molecule is CCC(C)(CC(CC(C)C(=O)OC(C)(C)C)c1ccc(O)cc1)C(=O)OC1(C)CCOC(=O)C1. The highest BCUT2D eigenvalue weighted by molar-refractivity contribution is 5.78. The lowest BCUT2D eigenvalue weighted by molar-refractivity contribution is -0.183. The molecule has 0 radical (unpaired) electrons. The number of carbonyl (C=O) groups is 3. The predicted molar refractivity (Wildman–Crippen MR) is 128 cm³/mol. The summed E-state index contributed by atoms with van der Waals surface area (Å²) >= 11 is 0. The van der Waals surface area contributed by atoms with Crippen molar-refractivity contribution in [3.63, 3.8) is 0 Å². The van der Waals surface area contributed by atoms with Gasteiger partial charge in [0.2, 0.25) is 0 Å². The number of hydrogen-bond donors (Lipinski definition) is 1. The van der Waals surface area contributed by atoms with E-state index >= 15 is 0 Å². The molecule has 1 aromatic rings. The molecule has 7 heteroatoms. The van der Waals surface area contributed by atoms with E-state index in [-0.39, 0.29) is 48.5 Å². The molecule has 34 heavy (non-hydrogen) atoms. The second-order valence-corrected chi connectivity index (χ2v) is 11.1. The van der Waals surface area contributed by atoms with Gasteiger partial charge in [-0.2, -0.15) is 0 Å². The summed E-state index contributed by atoms with van der Waals surface area (Å²) in [5.74, 6) is -1.40. The van der Waals surface area contributed by atoms with Crippen molar-refractivity contribution in [2.45, 2.75) is 97.7 Å². The Labute approximate surface area is 203 Å². The average molecular weight is 477 g/mol. The van der Waals surface area contributed by atoms with Gasteiger partial charge in [0.15, 0.2) is 0 Å². The number of benzene rings is 1. The molecule has 1 N–H and O–H groups in total. The van der Waals surface area contributed by atoms with Crippen LogP contribution in [0.2, 0.25) is 0 Å². The van der Waals surface area contributed by atoms with Crippen LogP contribution in [0.4, 0.5) is 0 Å². The van der Waals surface area contributed by atoms with Gasteiger partial charge in [0.1, 0.15) is 17.0 Å². The summed E-state index contributed by atoms with van der Waals surface area (Å²) in [7, 11) is 0. The minimum Gasteiger partial charge on any atom is -0.508 e. The van der Waals surface area contributed by atoms with Crippen LogP contribution in [0.3, 0.4) is 0 Å². The Morgan fingerprint density at radius 3 is 2.32 bits per heavy atom. The van der Waals surface area contributed by atoms with E-state index in [9.17, 15) is 19.5 Å². The Balaban J connectivity index is 2.26. The third kappa shape index (κ3) is 7.74. The van der Waals surface area contributed by atoms with Crippen molar-refractivity contribution in [1.29, 1.82) is 0 Å². The van der Waals surface area contributed by atoms with E-state index in [1.54, 1.807) is 19.1 Å². The predicted octanol–water partition coefficient (Wildman–Crippen LogP) is 5.29. The third-order valence-corrected chi connectivity index (χ3v) is 6.53. The minimum atomic E-state index is -0.888. The molecular weight excluding hydrogens is 436 g/mol. The first-order chi connectivity index (χ1) is 15.7. The summed E-state index contributed by atoms with van der Waals surface area (Å²) in [5.41, 5.74) is -1.38. The van der Waals surface area contributed by atoms with Gasteiger partial charge in [-0.25, -0.2) is 0 Å². The van der Waals surface area contributed by atoms with E-state index in [1.165, 1.54) is 0 Å². The summed E-state index contributed by atoms with van der Waals surface area (Å²) in [4.78, 5) is 37.9. The Morgan fingerprint density at radius 1 is 1.18 bits per heavy atom. The number of ether oxygens (including phenoxy) is 3. The van der Waals surface area contributed by atoms with Crippen LogP contribution >= 0.6 is 0 Å². The number of esters is 3. The summed E-state index contributed by atoms with van der Waals surface area (Å²) in [5, 5.41) is 9.75. The normalized spacial score (nSPS) is 22.1. The highest BCUT2D eigenvalue weighted by Gasteiger charge is 2.43. The molecule has 1 fully saturated rings. The molecule has 0 aliphatic carbocycles. The Kier molecular flexibility index (Phi) is 8.78. The Hall–Kier alpha value is -2.57. The van der Waals surface area contributed by atoms with E-state index in [4.69, 9.17) is 14.2 Å². The second-order valence-electron chi connectivity index (χ2n) is 11.1. The maximum absolute atomic E-state index is 13.4. The molecule has 4 unspecified atom stereocenters. The molecule has 4 atom stereocenters. The number of carbonyl (C=O) groups excluding carboxylic acids is 3. The van der Waals surface area contributed by atoms with Gasteiger partial charge in [0, 0.05) is 6.42 Å². The van der Waals surface area contributed by atoms with E-state index < -0.39 is 16.6 Å². The van der Waals surface area contributed by atoms with Gasteiger partial charge in [-0.3, -0.25) is 14.4 Å². The van der Waals surface area contributed by atoms with E-state index in [2.05, 4.69) is 0 Å². The molecule has 0 bridgehead atoms. The van der Waals surface area contributed by atoms with Crippen molar-refractivity contribution in [2.24, 2.45) is 11.3 Å². The van der Waals surface area contributed by atoms with Crippen LogP contribution in [0.15, 0.2) is 24.3 Å². The molecular formula is C27H40O7. The maximum Gasteiger partial charge on any atom is 0.312 e.